The van der Waals surface area contributed by atoms with Crippen molar-refractivity contribution in [2.75, 3.05) is 16.4 Å². The van der Waals surface area contributed by atoms with E-state index < -0.39 is 0 Å². The van der Waals surface area contributed by atoms with Crippen LogP contribution in [0, 0.1) is 0 Å². The highest BCUT2D eigenvalue weighted by Crippen LogP contribution is 2.45. The third kappa shape index (κ3) is 5.08. The Hall–Kier alpha value is -3.81. The van der Waals surface area contributed by atoms with E-state index in [2.05, 4.69) is 16.0 Å². The SMILES string of the molecule is CC1=C(C(=O)Nc2ccccc2)C(c2ccccc2)C2=C(NC(=O)Nc3cccc(Cl)c3)CSC2=N1. The van der Waals surface area contributed by atoms with Gasteiger partial charge in [0.1, 0.15) is 5.04 Å². The summed E-state index contributed by atoms with van der Waals surface area (Å²) in [4.78, 5) is 31.2. The molecule has 8 heteroatoms. The summed E-state index contributed by atoms with van der Waals surface area (Å²) in [7, 11) is 0. The summed E-state index contributed by atoms with van der Waals surface area (Å²) in [6.07, 6.45) is 0. The minimum absolute atomic E-state index is 0.220. The van der Waals surface area contributed by atoms with Gasteiger partial charge < -0.3 is 16.0 Å². The number of carbonyl (C=O) groups is 2. The lowest BCUT2D eigenvalue weighted by molar-refractivity contribution is -0.113. The molecule has 0 saturated heterocycles. The molecule has 36 heavy (non-hydrogen) atoms. The number of anilines is 2. The maximum absolute atomic E-state index is 13.6. The Morgan fingerprint density at radius 1 is 0.889 bits per heavy atom. The van der Waals surface area contributed by atoms with Crippen molar-refractivity contribution < 1.29 is 9.59 Å². The molecule has 5 rings (SSSR count). The van der Waals surface area contributed by atoms with Crippen LogP contribution >= 0.6 is 23.4 Å². The fourth-order valence-electron chi connectivity index (χ4n) is 4.34. The van der Waals surface area contributed by atoms with Crippen molar-refractivity contribution in [3.63, 3.8) is 0 Å². The van der Waals surface area contributed by atoms with E-state index in [-0.39, 0.29) is 17.9 Å². The van der Waals surface area contributed by atoms with Crippen molar-refractivity contribution in [2.24, 2.45) is 4.99 Å². The van der Waals surface area contributed by atoms with Gasteiger partial charge in [-0.15, -0.1) is 0 Å². The minimum Gasteiger partial charge on any atom is -0.322 e. The van der Waals surface area contributed by atoms with Gasteiger partial charge in [-0.1, -0.05) is 78.0 Å². The number of urea groups is 1. The van der Waals surface area contributed by atoms with Gasteiger partial charge in [0.05, 0.1) is 5.57 Å². The van der Waals surface area contributed by atoms with Crippen LogP contribution in [0.15, 0.2) is 112 Å². The molecule has 0 spiro atoms. The second-order valence-electron chi connectivity index (χ2n) is 8.35. The summed E-state index contributed by atoms with van der Waals surface area (Å²) in [5.74, 6) is -0.0530. The number of fused-ring (bicyclic) bond motifs is 1. The van der Waals surface area contributed by atoms with E-state index >= 15 is 0 Å². The van der Waals surface area contributed by atoms with Crippen LogP contribution in [-0.4, -0.2) is 22.7 Å². The average molecular weight is 515 g/mol. The van der Waals surface area contributed by atoms with Gasteiger partial charge in [0, 0.05) is 45.0 Å². The second kappa shape index (κ2) is 10.4. The van der Waals surface area contributed by atoms with Crippen LogP contribution in [0.1, 0.15) is 18.4 Å². The van der Waals surface area contributed by atoms with E-state index in [9.17, 15) is 9.59 Å². The van der Waals surface area contributed by atoms with Crippen LogP contribution in [0.3, 0.4) is 0 Å². The molecule has 0 fully saturated rings. The van der Waals surface area contributed by atoms with Crippen molar-refractivity contribution in [3.05, 3.63) is 118 Å². The lowest BCUT2D eigenvalue weighted by atomic mass is 9.81. The standard InChI is InChI=1S/C28H23ClN4O2S/c1-17-23(26(34)31-20-12-6-3-7-13-20)24(18-9-4-2-5-10-18)25-22(16-36-27(25)30-17)33-28(35)32-21-14-8-11-19(29)15-21/h2-15,24H,16H2,1H3,(H,31,34)(H2,32,33,35). The van der Waals surface area contributed by atoms with Crippen molar-refractivity contribution in [2.45, 2.75) is 12.8 Å². The predicted molar refractivity (Wildman–Crippen MR) is 147 cm³/mol. The molecule has 0 aliphatic carbocycles. The number of allylic oxidation sites excluding steroid dienone is 1. The highest BCUT2D eigenvalue weighted by Gasteiger charge is 2.39. The molecule has 6 nitrogen and oxygen atoms in total. The summed E-state index contributed by atoms with van der Waals surface area (Å²) in [5, 5.41) is 10.2. The number of aliphatic imine (C=N–C) groups is 1. The number of amides is 3. The van der Waals surface area contributed by atoms with Gasteiger partial charge >= 0.3 is 6.03 Å². The lowest BCUT2D eigenvalue weighted by Gasteiger charge is -2.28. The van der Waals surface area contributed by atoms with E-state index in [1.165, 1.54) is 0 Å². The minimum atomic E-state index is -0.380. The summed E-state index contributed by atoms with van der Waals surface area (Å²) < 4.78 is 0. The summed E-state index contributed by atoms with van der Waals surface area (Å²) in [6.45, 7) is 1.86. The first-order valence-corrected chi connectivity index (χ1v) is 12.8. The Bertz CT molecular complexity index is 1420. The number of hydrogen-bond acceptors (Lipinski definition) is 4. The third-order valence-corrected chi connectivity index (χ3v) is 7.15. The van der Waals surface area contributed by atoms with E-state index in [0.29, 0.717) is 33.4 Å². The first kappa shape index (κ1) is 23.9. The molecule has 180 valence electrons. The predicted octanol–water partition coefficient (Wildman–Crippen LogP) is 6.57. The Balaban J connectivity index is 1.51. The maximum atomic E-state index is 13.6. The van der Waals surface area contributed by atoms with Gasteiger partial charge in [-0.25, -0.2) is 9.79 Å². The first-order chi connectivity index (χ1) is 17.5. The first-order valence-electron chi connectivity index (χ1n) is 11.4. The third-order valence-electron chi connectivity index (χ3n) is 5.90. The van der Waals surface area contributed by atoms with Gasteiger partial charge in [-0.05, 0) is 42.8 Å². The van der Waals surface area contributed by atoms with Gasteiger partial charge in [0.25, 0.3) is 5.91 Å². The molecule has 0 bridgehead atoms. The molecule has 2 aliphatic rings. The number of benzene rings is 3. The van der Waals surface area contributed by atoms with Crippen molar-refractivity contribution in [1.29, 1.82) is 0 Å². The maximum Gasteiger partial charge on any atom is 0.323 e. The van der Waals surface area contributed by atoms with Crippen molar-refractivity contribution in [1.82, 2.24) is 5.32 Å². The highest BCUT2D eigenvalue weighted by atomic mass is 35.5. The Kier molecular flexibility index (Phi) is 6.93. The van der Waals surface area contributed by atoms with Gasteiger partial charge in [-0.3, -0.25) is 4.79 Å². The fourth-order valence-corrected chi connectivity index (χ4v) is 5.64. The number of para-hydroxylation sites is 1. The number of rotatable bonds is 5. The van der Waals surface area contributed by atoms with Gasteiger partial charge in [-0.2, -0.15) is 0 Å². The van der Waals surface area contributed by atoms with Crippen molar-refractivity contribution >= 4 is 51.7 Å². The van der Waals surface area contributed by atoms with E-state index in [1.807, 2.05) is 67.6 Å². The quantitative estimate of drug-likeness (QED) is 0.360. The number of carbonyl (C=O) groups excluding carboxylic acids is 2. The molecule has 0 aromatic heterocycles. The molecule has 2 heterocycles. The topological polar surface area (TPSA) is 82.6 Å². The van der Waals surface area contributed by atoms with Crippen LogP contribution in [-0.2, 0) is 4.79 Å². The Morgan fingerprint density at radius 2 is 1.58 bits per heavy atom. The molecular formula is C28H23ClN4O2S. The lowest BCUT2D eigenvalue weighted by Crippen LogP contribution is -2.31. The molecule has 3 amide bonds. The molecule has 1 unspecified atom stereocenters. The van der Waals surface area contributed by atoms with Crippen LogP contribution in [0.4, 0.5) is 16.2 Å². The van der Waals surface area contributed by atoms with E-state index in [4.69, 9.17) is 16.6 Å². The molecular weight excluding hydrogens is 492 g/mol. The van der Waals surface area contributed by atoms with Gasteiger partial charge in [0.15, 0.2) is 0 Å². The fraction of sp³-hybridized carbons (Fsp3) is 0.107. The molecule has 2 aliphatic heterocycles. The second-order valence-corrected chi connectivity index (χ2v) is 9.75. The molecule has 3 aromatic carbocycles. The Morgan fingerprint density at radius 3 is 2.31 bits per heavy atom. The number of hydrogen-bond donors (Lipinski definition) is 3. The molecule has 1 atom stereocenters. The van der Waals surface area contributed by atoms with Crippen LogP contribution in [0.25, 0.3) is 0 Å². The molecule has 0 radical (unpaired) electrons. The zero-order chi connectivity index (χ0) is 25.1. The average Bonchev–Trinajstić information content (AvgIpc) is 3.25. The zero-order valence-electron chi connectivity index (χ0n) is 19.4. The molecule has 3 aromatic rings. The normalized spacial score (nSPS) is 16.8. The zero-order valence-corrected chi connectivity index (χ0v) is 21.0. The number of thioether (sulfide) groups is 1. The molecule has 0 saturated carbocycles. The number of halogens is 1. The highest BCUT2D eigenvalue weighted by molar-refractivity contribution is 8.15. The van der Waals surface area contributed by atoms with E-state index in [0.717, 1.165) is 21.9 Å². The monoisotopic (exact) mass is 514 g/mol. The Labute approximate surface area is 218 Å². The summed E-state index contributed by atoms with van der Waals surface area (Å²) in [5.41, 5.74) is 5.04. The molecule has 3 N–H and O–H groups in total. The van der Waals surface area contributed by atoms with Gasteiger partial charge in [0.2, 0.25) is 0 Å². The summed E-state index contributed by atoms with van der Waals surface area (Å²) >= 11 is 7.60. The van der Waals surface area contributed by atoms with E-state index in [1.54, 1.807) is 36.0 Å². The van der Waals surface area contributed by atoms with Crippen LogP contribution in [0.5, 0.6) is 0 Å². The number of nitrogens with zero attached hydrogens (tertiary/aromatic N) is 1. The largest absolute Gasteiger partial charge is 0.323 e. The smallest absolute Gasteiger partial charge is 0.322 e. The number of nitrogens with one attached hydrogen (secondary N) is 3. The summed E-state index contributed by atoms with van der Waals surface area (Å²) in [6, 6.07) is 25.8. The van der Waals surface area contributed by atoms with Crippen molar-refractivity contribution in [3.8, 4) is 0 Å². The van der Waals surface area contributed by atoms with Crippen LogP contribution < -0.4 is 16.0 Å². The van der Waals surface area contributed by atoms with Crippen LogP contribution in [0.2, 0.25) is 5.02 Å².